The molecule has 9 aromatic rings. The second-order valence-corrected chi connectivity index (χ2v) is 18.1. The molecule has 0 heterocycles. The van der Waals surface area contributed by atoms with Crippen LogP contribution in [0.2, 0.25) is 0 Å². The van der Waals surface area contributed by atoms with Crippen LogP contribution in [-0.4, -0.2) is 13.9 Å². The lowest BCUT2D eigenvalue weighted by Crippen LogP contribution is -2.27. The Bertz CT molecular complexity index is 2720. The summed E-state index contributed by atoms with van der Waals surface area (Å²) in [7, 11) is -9.74. The predicted octanol–water partition coefficient (Wildman–Crippen LogP) is 14.2. The Balaban J connectivity index is 1.26. The van der Waals surface area contributed by atoms with Crippen LogP contribution in [0.4, 0.5) is 13.2 Å². The fourth-order valence-corrected chi connectivity index (χ4v) is 12.3. The first-order chi connectivity index (χ1) is 27.6. The van der Waals surface area contributed by atoms with Crippen LogP contribution in [0.1, 0.15) is 0 Å². The molecule has 0 saturated carbocycles. The Labute approximate surface area is 330 Å². The summed E-state index contributed by atoms with van der Waals surface area (Å²) >= 11 is 0. The average molecular weight is 791 g/mol. The maximum absolute atomic E-state index is 14.5. The van der Waals surface area contributed by atoms with Crippen molar-refractivity contribution in [2.45, 2.75) is 20.2 Å². The van der Waals surface area contributed by atoms with Crippen LogP contribution in [0.15, 0.2) is 215 Å². The van der Waals surface area contributed by atoms with Crippen LogP contribution in [0.25, 0.3) is 65.7 Å². The van der Waals surface area contributed by atoms with E-state index >= 15 is 0 Å². The highest BCUT2D eigenvalue weighted by atomic mass is 32.3. The quantitative estimate of drug-likeness (QED) is 0.144. The van der Waals surface area contributed by atoms with Crippen LogP contribution in [0.5, 0.6) is 0 Å². The Kier molecular flexibility index (Phi) is 9.20. The van der Waals surface area contributed by atoms with Crippen molar-refractivity contribution in [1.82, 2.24) is 0 Å². The topological polar surface area (TPSA) is 43.4 Å². The van der Waals surface area contributed by atoms with E-state index in [0.717, 1.165) is 65.7 Å². The van der Waals surface area contributed by atoms with Crippen LogP contribution in [-0.2, 0) is 13.7 Å². The summed E-state index contributed by atoms with van der Waals surface area (Å²) in [5.41, 5.74) is -0.422. The van der Waals surface area contributed by atoms with Gasteiger partial charge >= 0.3 is 15.6 Å². The lowest BCUT2D eigenvalue weighted by Gasteiger charge is -2.39. The van der Waals surface area contributed by atoms with E-state index in [1.54, 1.807) is 36.4 Å². The fourth-order valence-electron chi connectivity index (χ4n) is 7.61. The van der Waals surface area contributed by atoms with Crippen molar-refractivity contribution in [2.24, 2.45) is 0 Å². The van der Waals surface area contributed by atoms with Gasteiger partial charge in [0.25, 0.3) is 0 Å². The van der Waals surface area contributed by atoms with E-state index in [2.05, 4.69) is 0 Å². The van der Waals surface area contributed by atoms with E-state index in [1.807, 2.05) is 164 Å². The first kappa shape index (κ1) is 36.4. The third-order valence-corrected chi connectivity index (χ3v) is 15.2. The summed E-state index contributed by atoms with van der Waals surface area (Å²) in [6.07, 6.45) is 0. The molecule has 8 heteroatoms. The van der Waals surface area contributed by atoms with Gasteiger partial charge in [-0.15, -0.1) is 0 Å². The van der Waals surface area contributed by atoms with E-state index in [-0.39, 0.29) is 14.7 Å². The van der Waals surface area contributed by atoms with Gasteiger partial charge in [-0.25, -0.2) is 0 Å². The molecule has 0 aliphatic rings. The lowest BCUT2D eigenvalue weighted by atomic mass is 9.98. The number of rotatable bonds is 8. The van der Waals surface area contributed by atoms with Gasteiger partial charge in [-0.2, -0.15) is 25.2 Å². The van der Waals surface area contributed by atoms with Crippen molar-refractivity contribution < 1.29 is 25.2 Å². The molecule has 3 nitrogen and oxygen atoms in total. The average Bonchev–Trinajstić information content (AvgIpc) is 3.25. The van der Waals surface area contributed by atoms with E-state index in [0.29, 0.717) is 0 Å². The summed E-state index contributed by atoms with van der Waals surface area (Å²) in [6, 6.07) is 62.7. The van der Waals surface area contributed by atoms with Crippen molar-refractivity contribution in [2.75, 3.05) is 0 Å². The molecule has 0 radical (unpaired) electrons. The van der Waals surface area contributed by atoms with Gasteiger partial charge in [-0.1, -0.05) is 164 Å². The zero-order chi connectivity index (χ0) is 39.2. The zero-order valence-electron chi connectivity index (χ0n) is 30.2. The normalized spacial score (nSPS) is 12.6. The third-order valence-electron chi connectivity index (χ3n) is 10.3. The number of alkyl halides is 3. The predicted molar refractivity (Wildman–Crippen MR) is 227 cm³/mol. The summed E-state index contributed by atoms with van der Waals surface area (Å²) in [4.78, 5) is 0.861. The second-order valence-electron chi connectivity index (χ2n) is 13.7. The molecule has 0 aromatic heterocycles. The van der Waals surface area contributed by atoms with Gasteiger partial charge < -0.3 is 0 Å². The van der Waals surface area contributed by atoms with Crippen LogP contribution in [0.3, 0.4) is 0 Å². The van der Waals surface area contributed by atoms with Crippen molar-refractivity contribution in [3.63, 3.8) is 0 Å². The summed E-state index contributed by atoms with van der Waals surface area (Å²) < 4.78 is 76.0. The zero-order valence-corrected chi connectivity index (χ0v) is 31.9. The Morgan fingerprint density at radius 2 is 0.632 bits per heavy atom. The van der Waals surface area contributed by atoms with Crippen LogP contribution >= 0.6 is 10.3 Å². The van der Waals surface area contributed by atoms with E-state index in [4.69, 9.17) is 3.63 Å². The number of benzene rings is 9. The largest absolute Gasteiger partial charge is 0.524 e. The second kappa shape index (κ2) is 14.4. The molecule has 280 valence electrons. The molecule has 0 bridgehead atoms. The van der Waals surface area contributed by atoms with Crippen LogP contribution in [0, 0.1) is 0 Å². The maximum Gasteiger partial charge on any atom is 0.524 e. The number of hydrogen-bond donors (Lipinski definition) is 0. The minimum atomic E-state index is -6.14. The smallest absolute Gasteiger partial charge is 0.200 e. The number of halogens is 3. The number of hydrogen-bond acceptors (Lipinski definition) is 3. The third kappa shape index (κ3) is 6.55. The molecular formula is C49H33F3O3S2. The molecule has 0 N–H and O–H groups in total. The highest BCUT2D eigenvalue weighted by molar-refractivity contribution is 8.33. The first-order valence-corrected chi connectivity index (χ1v) is 21.2. The molecule has 0 unspecified atom stereocenters. The van der Waals surface area contributed by atoms with Crippen molar-refractivity contribution in [3.05, 3.63) is 200 Å². The molecule has 0 atom stereocenters. The van der Waals surface area contributed by atoms with E-state index < -0.39 is 25.9 Å². The molecule has 0 aliphatic carbocycles. The monoisotopic (exact) mass is 790 g/mol. The van der Waals surface area contributed by atoms with Gasteiger partial charge in [0.05, 0.1) is 0 Å². The fraction of sp³-hybridized carbons (Fsp3) is 0.0204. The Hall–Kier alpha value is -6.19. The molecule has 9 rings (SSSR count). The number of fused-ring (bicyclic) bond motifs is 3. The van der Waals surface area contributed by atoms with Gasteiger partial charge in [0.15, 0.2) is 0 Å². The standard InChI is InChI=1S/C49H33F3O3S2/c50-49(51,52)57(53,54)55-56(40-28-22-37(23-29-40)46-19-7-13-34-10-1-4-16-43(34)46,41-30-24-38(25-31-41)47-20-8-14-35-11-2-5-17-44(35)47)42-32-26-39(27-33-42)48-21-9-15-36-12-3-6-18-45(36)48/h1-33H. The molecule has 0 aliphatic heterocycles. The summed E-state index contributed by atoms with van der Waals surface area (Å²) in [6.45, 7) is 0. The van der Waals surface area contributed by atoms with Gasteiger partial charge in [-0.05, 0) is 112 Å². The van der Waals surface area contributed by atoms with Gasteiger partial charge in [0, 0.05) is 14.7 Å². The molecule has 0 saturated heterocycles. The molecule has 0 amide bonds. The van der Waals surface area contributed by atoms with Crippen molar-refractivity contribution in [1.29, 1.82) is 0 Å². The molecule has 9 aromatic carbocycles. The Morgan fingerprint density at radius 3 is 0.930 bits per heavy atom. The SMILES string of the molecule is O=S(=O)(OS(c1ccc(-c2cccc3ccccc23)cc1)(c1ccc(-c2cccc3ccccc23)cc1)c1ccc(-c2cccc3ccccc23)cc1)C(F)(F)F. The molecule has 57 heavy (non-hydrogen) atoms. The lowest BCUT2D eigenvalue weighted by molar-refractivity contribution is -0.0496. The van der Waals surface area contributed by atoms with Gasteiger partial charge in [0.1, 0.15) is 0 Å². The molecule has 0 fully saturated rings. The van der Waals surface area contributed by atoms with E-state index in [1.165, 1.54) is 0 Å². The summed E-state index contributed by atoms with van der Waals surface area (Å²) in [5.74, 6) is 0. The first-order valence-electron chi connectivity index (χ1n) is 18.2. The van der Waals surface area contributed by atoms with Crippen molar-refractivity contribution in [3.8, 4) is 33.4 Å². The van der Waals surface area contributed by atoms with E-state index in [9.17, 15) is 21.6 Å². The summed E-state index contributed by atoms with van der Waals surface area (Å²) in [5, 5.41) is 6.14. The highest BCUT2D eigenvalue weighted by Crippen LogP contribution is 2.71. The molecular weight excluding hydrogens is 758 g/mol. The Morgan fingerprint density at radius 1 is 0.351 bits per heavy atom. The van der Waals surface area contributed by atoms with Crippen LogP contribution < -0.4 is 0 Å². The molecule has 0 spiro atoms. The van der Waals surface area contributed by atoms with Crippen molar-refractivity contribution >= 4 is 52.7 Å². The minimum Gasteiger partial charge on any atom is -0.200 e. The minimum absolute atomic E-state index is 0.287. The van der Waals surface area contributed by atoms with Gasteiger partial charge in [0.2, 0.25) is 0 Å². The maximum atomic E-state index is 14.5. The van der Waals surface area contributed by atoms with Gasteiger partial charge in [-0.3, -0.25) is 0 Å². The highest BCUT2D eigenvalue weighted by Gasteiger charge is 2.52.